The zero-order valence-corrected chi connectivity index (χ0v) is 12.3. The van der Waals surface area contributed by atoms with Gasteiger partial charge in [0.2, 0.25) is 0 Å². The van der Waals surface area contributed by atoms with Crippen LogP contribution in [-0.2, 0) is 0 Å². The number of benzene rings is 1. The molecule has 0 saturated carbocycles. The first kappa shape index (κ1) is 14.5. The Morgan fingerprint density at radius 3 is 2.55 bits per heavy atom. The van der Waals surface area contributed by atoms with Gasteiger partial charge in [-0.1, -0.05) is 11.6 Å². The van der Waals surface area contributed by atoms with E-state index in [0.717, 1.165) is 17.9 Å². The van der Waals surface area contributed by atoms with Gasteiger partial charge in [-0.25, -0.2) is 14.4 Å². The zero-order chi connectivity index (χ0) is 14.7. The molecule has 0 aliphatic rings. The highest BCUT2D eigenvalue weighted by atomic mass is 35.5. The molecule has 0 atom stereocenters. The Morgan fingerprint density at radius 2 is 1.90 bits per heavy atom. The monoisotopic (exact) mass is 294 g/mol. The van der Waals surface area contributed by atoms with E-state index < -0.39 is 0 Å². The van der Waals surface area contributed by atoms with Crippen molar-refractivity contribution >= 4 is 28.9 Å². The van der Waals surface area contributed by atoms with Crippen LogP contribution in [0.2, 0.25) is 5.02 Å². The summed E-state index contributed by atoms with van der Waals surface area (Å²) < 4.78 is 13.0. The number of halogens is 2. The number of rotatable bonds is 4. The molecule has 4 nitrogen and oxygen atoms in total. The van der Waals surface area contributed by atoms with Gasteiger partial charge >= 0.3 is 0 Å². The number of aromatic nitrogens is 2. The summed E-state index contributed by atoms with van der Waals surface area (Å²) in [5, 5.41) is 6.61. The van der Waals surface area contributed by atoms with Crippen LogP contribution >= 0.6 is 11.6 Å². The minimum absolute atomic E-state index is 0.311. The maximum absolute atomic E-state index is 13.0. The van der Waals surface area contributed by atoms with Crippen LogP contribution in [0.5, 0.6) is 0 Å². The SMILES string of the molecule is CCNc1nc(C)nc(Nc2ccc(F)cc2Cl)c1C. The summed E-state index contributed by atoms with van der Waals surface area (Å²) >= 11 is 6.01. The zero-order valence-electron chi connectivity index (χ0n) is 11.6. The van der Waals surface area contributed by atoms with Gasteiger partial charge in [-0.2, -0.15) is 0 Å². The van der Waals surface area contributed by atoms with Crippen molar-refractivity contribution in [1.82, 2.24) is 9.97 Å². The van der Waals surface area contributed by atoms with Crippen molar-refractivity contribution in [3.05, 3.63) is 40.4 Å². The van der Waals surface area contributed by atoms with E-state index in [4.69, 9.17) is 11.6 Å². The Balaban J connectivity index is 2.37. The Bertz CT molecular complexity index is 631. The first-order valence-electron chi connectivity index (χ1n) is 6.32. The van der Waals surface area contributed by atoms with Gasteiger partial charge in [0, 0.05) is 12.1 Å². The van der Waals surface area contributed by atoms with Crippen molar-refractivity contribution in [2.24, 2.45) is 0 Å². The van der Waals surface area contributed by atoms with E-state index in [1.54, 1.807) is 6.07 Å². The molecule has 0 fully saturated rings. The third-order valence-corrected chi connectivity index (χ3v) is 3.10. The van der Waals surface area contributed by atoms with Crippen LogP contribution in [0.3, 0.4) is 0 Å². The molecule has 1 heterocycles. The molecule has 0 unspecified atom stereocenters. The van der Waals surface area contributed by atoms with E-state index in [1.807, 2.05) is 20.8 Å². The second-order valence-electron chi connectivity index (χ2n) is 4.37. The summed E-state index contributed by atoms with van der Waals surface area (Å²) in [5.41, 5.74) is 1.49. The van der Waals surface area contributed by atoms with Gasteiger partial charge in [-0.15, -0.1) is 0 Å². The van der Waals surface area contributed by atoms with E-state index in [9.17, 15) is 4.39 Å². The summed E-state index contributed by atoms with van der Waals surface area (Å²) in [4.78, 5) is 8.71. The maximum atomic E-state index is 13.0. The van der Waals surface area contributed by atoms with Gasteiger partial charge in [0.25, 0.3) is 0 Å². The standard InChI is InChI=1S/C14H16ClFN4/c1-4-17-13-8(2)14(19-9(3)18-13)20-12-6-5-10(16)7-11(12)15/h5-7H,4H2,1-3H3,(H2,17,18,19,20). The topological polar surface area (TPSA) is 49.8 Å². The molecular formula is C14H16ClFN4. The van der Waals surface area contributed by atoms with Gasteiger partial charge in [-0.3, -0.25) is 0 Å². The van der Waals surface area contributed by atoms with Crippen molar-refractivity contribution in [1.29, 1.82) is 0 Å². The molecule has 0 saturated heterocycles. The molecule has 2 rings (SSSR count). The Labute approximate surface area is 122 Å². The predicted octanol–water partition coefficient (Wildman–Crippen LogP) is 4.06. The minimum atomic E-state index is -0.371. The molecular weight excluding hydrogens is 279 g/mol. The maximum Gasteiger partial charge on any atom is 0.139 e. The fourth-order valence-electron chi connectivity index (χ4n) is 1.81. The molecule has 0 aliphatic carbocycles. The highest BCUT2D eigenvalue weighted by Crippen LogP contribution is 2.28. The molecule has 106 valence electrons. The van der Waals surface area contributed by atoms with Crippen LogP contribution in [0.1, 0.15) is 18.3 Å². The largest absolute Gasteiger partial charge is 0.370 e. The van der Waals surface area contributed by atoms with Gasteiger partial charge < -0.3 is 10.6 Å². The lowest BCUT2D eigenvalue weighted by Gasteiger charge is -2.14. The normalized spacial score (nSPS) is 10.4. The Hall–Kier alpha value is -1.88. The summed E-state index contributed by atoms with van der Waals surface area (Å²) in [6.07, 6.45) is 0. The van der Waals surface area contributed by atoms with Crippen molar-refractivity contribution in [3.8, 4) is 0 Å². The first-order chi connectivity index (χ1) is 9.51. The van der Waals surface area contributed by atoms with Crippen LogP contribution < -0.4 is 10.6 Å². The molecule has 1 aromatic heterocycles. The second kappa shape index (κ2) is 6.05. The van der Waals surface area contributed by atoms with Crippen LogP contribution in [0.15, 0.2) is 18.2 Å². The van der Waals surface area contributed by atoms with Crippen molar-refractivity contribution in [3.63, 3.8) is 0 Å². The minimum Gasteiger partial charge on any atom is -0.370 e. The molecule has 0 bridgehead atoms. The molecule has 0 spiro atoms. The first-order valence-corrected chi connectivity index (χ1v) is 6.70. The number of hydrogen-bond donors (Lipinski definition) is 2. The molecule has 6 heteroatoms. The summed E-state index contributed by atoms with van der Waals surface area (Å²) in [7, 11) is 0. The second-order valence-corrected chi connectivity index (χ2v) is 4.78. The molecule has 1 aromatic carbocycles. The van der Waals surface area contributed by atoms with Crippen LogP contribution in [-0.4, -0.2) is 16.5 Å². The van der Waals surface area contributed by atoms with E-state index in [1.165, 1.54) is 12.1 Å². The number of nitrogens with zero attached hydrogens (tertiary/aromatic N) is 2. The quantitative estimate of drug-likeness (QED) is 0.893. The third-order valence-electron chi connectivity index (χ3n) is 2.79. The fraction of sp³-hybridized carbons (Fsp3) is 0.286. The summed E-state index contributed by atoms with van der Waals surface area (Å²) in [6.45, 7) is 6.50. The van der Waals surface area contributed by atoms with Crippen LogP contribution in [0.4, 0.5) is 21.7 Å². The van der Waals surface area contributed by atoms with E-state index in [-0.39, 0.29) is 5.82 Å². The summed E-state index contributed by atoms with van der Waals surface area (Å²) in [5.74, 6) is 1.71. The third kappa shape index (κ3) is 3.17. The highest BCUT2D eigenvalue weighted by Gasteiger charge is 2.10. The van der Waals surface area contributed by atoms with Crippen molar-refractivity contribution in [2.75, 3.05) is 17.2 Å². The smallest absolute Gasteiger partial charge is 0.139 e. The lowest BCUT2D eigenvalue weighted by Crippen LogP contribution is -2.07. The molecule has 0 aliphatic heterocycles. The molecule has 0 amide bonds. The van der Waals surface area contributed by atoms with Crippen molar-refractivity contribution < 1.29 is 4.39 Å². The van der Waals surface area contributed by atoms with Gasteiger partial charge in [0.15, 0.2) is 0 Å². The fourth-order valence-corrected chi connectivity index (χ4v) is 2.02. The average molecular weight is 295 g/mol. The average Bonchev–Trinajstić information content (AvgIpc) is 2.38. The van der Waals surface area contributed by atoms with Crippen LogP contribution in [0.25, 0.3) is 0 Å². The molecule has 2 aromatic rings. The van der Waals surface area contributed by atoms with Gasteiger partial charge in [-0.05, 0) is 39.0 Å². The number of nitrogens with one attached hydrogen (secondary N) is 2. The van der Waals surface area contributed by atoms with E-state index >= 15 is 0 Å². The Morgan fingerprint density at radius 1 is 1.20 bits per heavy atom. The van der Waals surface area contributed by atoms with Crippen molar-refractivity contribution in [2.45, 2.75) is 20.8 Å². The number of anilines is 3. The van der Waals surface area contributed by atoms with Gasteiger partial charge in [0.05, 0.1) is 10.7 Å². The summed E-state index contributed by atoms with van der Waals surface area (Å²) in [6, 6.07) is 4.20. The molecule has 20 heavy (non-hydrogen) atoms. The lowest BCUT2D eigenvalue weighted by atomic mass is 10.2. The number of aryl methyl sites for hydroxylation is 1. The van der Waals surface area contributed by atoms with Gasteiger partial charge in [0.1, 0.15) is 23.3 Å². The lowest BCUT2D eigenvalue weighted by molar-refractivity contribution is 0.628. The highest BCUT2D eigenvalue weighted by molar-refractivity contribution is 6.33. The van der Waals surface area contributed by atoms with E-state index in [0.29, 0.717) is 22.4 Å². The molecule has 0 radical (unpaired) electrons. The molecule has 2 N–H and O–H groups in total. The van der Waals surface area contributed by atoms with Crippen LogP contribution in [0, 0.1) is 19.7 Å². The Kier molecular flexibility index (Phi) is 4.39. The predicted molar refractivity (Wildman–Crippen MR) is 80.4 cm³/mol. The number of hydrogen-bond acceptors (Lipinski definition) is 4. The van der Waals surface area contributed by atoms with E-state index in [2.05, 4.69) is 20.6 Å².